The van der Waals surface area contributed by atoms with E-state index < -0.39 is 6.29 Å². The van der Waals surface area contributed by atoms with E-state index in [0.29, 0.717) is 5.56 Å². The van der Waals surface area contributed by atoms with Crippen LogP contribution < -0.4 is 0 Å². The highest BCUT2D eigenvalue weighted by Crippen LogP contribution is 2.12. The Balaban J connectivity index is 2.86. The van der Waals surface area contributed by atoms with Crippen molar-refractivity contribution in [1.82, 2.24) is 4.98 Å². The Hall–Kier alpha value is -1.19. The van der Waals surface area contributed by atoms with Crippen molar-refractivity contribution in [3.63, 3.8) is 0 Å². The van der Waals surface area contributed by atoms with Crippen molar-refractivity contribution in [2.75, 3.05) is 0 Å². The summed E-state index contributed by atoms with van der Waals surface area (Å²) < 4.78 is 0. The second-order valence-electron chi connectivity index (χ2n) is 2.14. The molecule has 0 saturated carbocycles. The Morgan fingerprint density at radius 3 is 2.73 bits per heavy atom. The second-order valence-corrected chi connectivity index (χ2v) is 2.14. The van der Waals surface area contributed by atoms with E-state index in [9.17, 15) is 0 Å². The zero-order valence-corrected chi connectivity index (χ0v) is 5.94. The highest BCUT2D eigenvalue weighted by atomic mass is 16.5. The van der Waals surface area contributed by atoms with Crippen LogP contribution in [0, 0.1) is 0 Å². The molecule has 0 aliphatic carbocycles. The molecule has 1 heterocycles. The van der Waals surface area contributed by atoms with Gasteiger partial charge in [0.2, 0.25) is 0 Å². The van der Waals surface area contributed by atoms with E-state index in [0.717, 1.165) is 0 Å². The molecule has 0 spiro atoms. The van der Waals surface area contributed by atoms with Gasteiger partial charge in [0.15, 0.2) is 6.29 Å². The van der Waals surface area contributed by atoms with Crippen LogP contribution in [-0.2, 0) is 0 Å². The lowest BCUT2D eigenvalue weighted by molar-refractivity contribution is 0.0115. The lowest BCUT2D eigenvalue weighted by Crippen LogP contribution is -2.06. The van der Waals surface area contributed by atoms with Gasteiger partial charge in [-0.2, -0.15) is 0 Å². The molecule has 0 fully saturated rings. The highest BCUT2D eigenvalue weighted by Gasteiger charge is 2.04. The fourth-order valence-corrected chi connectivity index (χ4v) is 0.702. The van der Waals surface area contributed by atoms with Crippen molar-refractivity contribution in [3.05, 3.63) is 36.7 Å². The average molecular weight is 151 g/mol. The summed E-state index contributed by atoms with van der Waals surface area (Å²) in [6.45, 7) is 3.48. The molecule has 1 rings (SSSR count). The van der Waals surface area contributed by atoms with Gasteiger partial charge in [-0.1, -0.05) is 12.6 Å². The topological polar surface area (TPSA) is 53.4 Å². The standard InChI is InChI=1S/C8H9NO2/c1-6(8(10)11)7-3-2-4-9-5-7/h2-5,8,10-11H,1H2. The third kappa shape index (κ3) is 1.86. The summed E-state index contributed by atoms with van der Waals surface area (Å²) in [6.07, 6.45) is 1.64. The number of nitrogens with zero attached hydrogens (tertiary/aromatic N) is 1. The Kier molecular flexibility index (Phi) is 2.36. The predicted molar refractivity (Wildman–Crippen MR) is 41.5 cm³/mol. The summed E-state index contributed by atoms with van der Waals surface area (Å²) in [6, 6.07) is 3.43. The number of hydrogen-bond donors (Lipinski definition) is 2. The first-order valence-electron chi connectivity index (χ1n) is 3.17. The lowest BCUT2D eigenvalue weighted by atomic mass is 10.1. The third-order valence-corrected chi connectivity index (χ3v) is 1.34. The van der Waals surface area contributed by atoms with Gasteiger partial charge in [0.25, 0.3) is 0 Å². The summed E-state index contributed by atoms with van der Waals surface area (Å²) in [4.78, 5) is 3.81. The second kappa shape index (κ2) is 3.27. The Labute approximate surface area is 64.6 Å². The largest absolute Gasteiger partial charge is 0.364 e. The van der Waals surface area contributed by atoms with Crippen LogP contribution >= 0.6 is 0 Å². The minimum atomic E-state index is -1.50. The molecule has 0 aliphatic rings. The smallest absolute Gasteiger partial charge is 0.178 e. The predicted octanol–water partition coefficient (Wildman–Crippen LogP) is 0.406. The zero-order valence-electron chi connectivity index (χ0n) is 5.94. The summed E-state index contributed by atoms with van der Waals surface area (Å²) in [5.41, 5.74) is 0.903. The molecular formula is C8H9NO2. The zero-order chi connectivity index (χ0) is 8.27. The maximum Gasteiger partial charge on any atom is 0.178 e. The maximum atomic E-state index is 8.70. The maximum absolute atomic E-state index is 8.70. The molecule has 2 N–H and O–H groups in total. The van der Waals surface area contributed by atoms with Gasteiger partial charge in [-0.15, -0.1) is 0 Å². The average Bonchev–Trinajstić information content (AvgIpc) is 2.05. The van der Waals surface area contributed by atoms with Crippen LogP contribution in [0.5, 0.6) is 0 Å². The quantitative estimate of drug-likeness (QED) is 0.602. The van der Waals surface area contributed by atoms with E-state index in [1.54, 1.807) is 18.3 Å². The van der Waals surface area contributed by atoms with Crippen molar-refractivity contribution in [3.8, 4) is 0 Å². The van der Waals surface area contributed by atoms with E-state index in [4.69, 9.17) is 10.2 Å². The molecule has 0 aromatic carbocycles. The molecule has 0 unspecified atom stereocenters. The molecule has 1 aromatic rings. The van der Waals surface area contributed by atoms with Gasteiger partial charge in [0, 0.05) is 23.5 Å². The van der Waals surface area contributed by atoms with Gasteiger partial charge < -0.3 is 10.2 Å². The van der Waals surface area contributed by atoms with E-state index >= 15 is 0 Å². The van der Waals surface area contributed by atoms with Crippen molar-refractivity contribution < 1.29 is 10.2 Å². The van der Waals surface area contributed by atoms with Crippen molar-refractivity contribution >= 4 is 5.57 Å². The number of aliphatic hydroxyl groups is 2. The van der Waals surface area contributed by atoms with Crippen LogP contribution in [-0.4, -0.2) is 21.5 Å². The molecule has 11 heavy (non-hydrogen) atoms. The number of hydrogen-bond acceptors (Lipinski definition) is 3. The minimum Gasteiger partial charge on any atom is -0.364 e. The molecule has 3 heteroatoms. The molecule has 0 atom stereocenters. The molecular weight excluding hydrogens is 142 g/mol. The molecule has 0 aliphatic heterocycles. The van der Waals surface area contributed by atoms with Gasteiger partial charge in [-0.25, -0.2) is 0 Å². The van der Waals surface area contributed by atoms with Crippen molar-refractivity contribution in [1.29, 1.82) is 0 Å². The number of aliphatic hydroxyl groups excluding tert-OH is 1. The van der Waals surface area contributed by atoms with Crippen LogP contribution in [0.25, 0.3) is 5.57 Å². The van der Waals surface area contributed by atoms with Gasteiger partial charge in [0.05, 0.1) is 0 Å². The van der Waals surface area contributed by atoms with Crippen LogP contribution in [0.15, 0.2) is 31.1 Å². The van der Waals surface area contributed by atoms with Crippen LogP contribution in [0.3, 0.4) is 0 Å². The first-order chi connectivity index (χ1) is 5.22. The molecule has 0 saturated heterocycles. The van der Waals surface area contributed by atoms with E-state index in [2.05, 4.69) is 11.6 Å². The highest BCUT2D eigenvalue weighted by molar-refractivity contribution is 5.64. The summed E-state index contributed by atoms with van der Waals surface area (Å²) >= 11 is 0. The molecule has 3 nitrogen and oxygen atoms in total. The van der Waals surface area contributed by atoms with Crippen molar-refractivity contribution in [2.24, 2.45) is 0 Å². The SMILES string of the molecule is C=C(c1cccnc1)C(O)O. The number of aromatic nitrogens is 1. The molecule has 0 bridgehead atoms. The lowest BCUT2D eigenvalue weighted by Gasteiger charge is -2.05. The first kappa shape index (κ1) is 7.91. The first-order valence-corrected chi connectivity index (χ1v) is 3.17. The normalized spacial score (nSPS) is 10.1. The minimum absolute atomic E-state index is 0.262. The summed E-state index contributed by atoms with van der Waals surface area (Å²) in [5, 5.41) is 17.4. The van der Waals surface area contributed by atoms with Gasteiger partial charge in [-0.3, -0.25) is 4.98 Å². The fourth-order valence-electron chi connectivity index (χ4n) is 0.702. The number of pyridine rings is 1. The van der Waals surface area contributed by atoms with Crippen LogP contribution in [0.4, 0.5) is 0 Å². The Morgan fingerprint density at radius 2 is 2.27 bits per heavy atom. The van der Waals surface area contributed by atoms with Gasteiger partial charge in [0.1, 0.15) is 0 Å². The Morgan fingerprint density at radius 1 is 1.55 bits per heavy atom. The van der Waals surface area contributed by atoms with Crippen molar-refractivity contribution in [2.45, 2.75) is 6.29 Å². The van der Waals surface area contributed by atoms with E-state index in [-0.39, 0.29) is 5.57 Å². The fraction of sp³-hybridized carbons (Fsp3) is 0.125. The third-order valence-electron chi connectivity index (χ3n) is 1.34. The van der Waals surface area contributed by atoms with E-state index in [1.807, 2.05) is 0 Å². The molecule has 0 radical (unpaired) electrons. The van der Waals surface area contributed by atoms with Gasteiger partial charge in [-0.05, 0) is 6.07 Å². The molecule has 1 aromatic heterocycles. The molecule has 0 amide bonds. The summed E-state index contributed by atoms with van der Waals surface area (Å²) in [7, 11) is 0. The summed E-state index contributed by atoms with van der Waals surface area (Å²) in [5.74, 6) is 0. The Bertz CT molecular complexity index is 244. The van der Waals surface area contributed by atoms with Gasteiger partial charge >= 0.3 is 0 Å². The van der Waals surface area contributed by atoms with E-state index in [1.165, 1.54) is 6.20 Å². The molecule has 58 valence electrons. The van der Waals surface area contributed by atoms with Crippen LogP contribution in [0.2, 0.25) is 0 Å². The van der Waals surface area contributed by atoms with Crippen LogP contribution in [0.1, 0.15) is 5.56 Å². The monoisotopic (exact) mass is 151 g/mol. The number of rotatable bonds is 2.